The predicted octanol–water partition coefficient (Wildman–Crippen LogP) is 1.18. The molecule has 0 amide bonds. The van der Waals surface area contributed by atoms with Crippen molar-refractivity contribution in [3.63, 3.8) is 0 Å². The summed E-state index contributed by atoms with van der Waals surface area (Å²) < 4.78 is 37.9. The van der Waals surface area contributed by atoms with E-state index >= 15 is 0 Å². The van der Waals surface area contributed by atoms with Gasteiger partial charge < -0.3 is 5.11 Å². The molecule has 1 aromatic carbocycles. The van der Waals surface area contributed by atoms with Gasteiger partial charge in [0.15, 0.2) is 0 Å². The van der Waals surface area contributed by atoms with Crippen molar-refractivity contribution in [1.82, 2.24) is 4.31 Å². The van der Waals surface area contributed by atoms with Gasteiger partial charge in [-0.3, -0.25) is 4.79 Å². The number of carboxylic acid groups (broad SMARTS) is 1. The molecule has 8 heteroatoms. The van der Waals surface area contributed by atoms with E-state index in [1.165, 1.54) is 0 Å². The Morgan fingerprint density at radius 1 is 1.44 bits per heavy atom. The largest absolute Gasteiger partial charge is 0.481 e. The van der Waals surface area contributed by atoms with Crippen LogP contribution in [0.4, 0.5) is 4.39 Å². The van der Waals surface area contributed by atoms with Crippen LogP contribution in [-0.2, 0) is 14.8 Å². The van der Waals surface area contributed by atoms with Gasteiger partial charge in [-0.2, -0.15) is 4.31 Å². The van der Waals surface area contributed by atoms with Crippen molar-refractivity contribution in [2.45, 2.75) is 4.90 Å². The van der Waals surface area contributed by atoms with Gasteiger partial charge in [-0.15, -0.1) is 0 Å². The zero-order chi connectivity index (χ0) is 13.5. The van der Waals surface area contributed by atoms with Crippen molar-refractivity contribution in [3.8, 4) is 0 Å². The molecule has 0 aliphatic carbocycles. The molecule has 5 nitrogen and oxygen atoms in total. The number of halogens is 2. The van der Waals surface area contributed by atoms with Crippen molar-refractivity contribution in [3.05, 3.63) is 29.0 Å². The van der Waals surface area contributed by atoms with Gasteiger partial charge in [0.05, 0.1) is 10.9 Å². The second-order valence-corrected chi connectivity index (χ2v) is 6.25. The van der Waals surface area contributed by atoms with E-state index in [0.29, 0.717) is 0 Å². The Morgan fingerprint density at radius 2 is 2.06 bits per heavy atom. The standard InChI is InChI=1S/C10H9ClFNO4S/c11-8-3-7(12)1-2-9(8)18(16,17)13-4-6(5-13)10(14)15/h1-3,6H,4-5H2,(H,14,15). The number of aliphatic carboxylic acids is 1. The summed E-state index contributed by atoms with van der Waals surface area (Å²) in [5.74, 6) is -2.36. The Balaban J connectivity index is 2.25. The van der Waals surface area contributed by atoms with Gasteiger partial charge in [0.2, 0.25) is 10.0 Å². The highest BCUT2D eigenvalue weighted by atomic mass is 35.5. The van der Waals surface area contributed by atoms with Crippen LogP contribution in [0.5, 0.6) is 0 Å². The molecule has 1 saturated heterocycles. The quantitative estimate of drug-likeness (QED) is 0.908. The molecule has 0 bridgehead atoms. The van der Waals surface area contributed by atoms with E-state index in [0.717, 1.165) is 22.5 Å². The number of sulfonamides is 1. The lowest BCUT2D eigenvalue weighted by molar-refractivity contribution is -0.145. The zero-order valence-electron chi connectivity index (χ0n) is 9.01. The van der Waals surface area contributed by atoms with Crippen LogP contribution in [0.3, 0.4) is 0 Å². The third-order valence-electron chi connectivity index (χ3n) is 2.71. The summed E-state index contributed by atoms with van der Waals surface area (Å²) in [5, 5.41) is 8.47. The first-order chi connectivity index (χ1) is 8.32. The predicted molar refractivity (Wildman–Crippen MR) is 61.3 cm³/mol. The molecule has 0 radical (unpaired) electrons. The van der Waals surface area contributed by atoms with E-state index in [9.17, 15) is 17.6 Å². The van der Waals surface area contributed by atoms with Gasteiger partial charge in [0.25, 0.3) is 0 Å². The number of benzene rings is 1. The molecular formula is C10H9ClFNO4S. The van der Waals surface area contributed by atoms with E-state index in [4.69, 9.17) is 16.7 Å². The third kappa shape index (κ3) is 2.21. The van der Waals surface area contributed by atoms with Crippen LogP contribution >= 0.6 is 11.6 Å². The first-order valence-corrected chi connectivity index (χ1v) is 6.82. The van der Waals surface area contributed by atoms with Gasteiger partial charge in [0.1, 0.15) is 10.7 Å². The van der Waals surface area contributed by atoms with Crippen molar-refractivity contribution in [2.24, 2.45) is 5.92 Å². The zero-order valence-corrected chi connectivity index (χ0v) is 10.6. The SMILES string of the molecule is O=C(O)C1CN(S(=O)(=O)c2ccc(F)cc2Cl)C1. The first kappa shape index (κ1) is 13.3. The Hall–Kier alpha value is -1.18. The summed E-state index contributed by atoms with van der Waals surface area (Å²) in [6, 6.07) is 2.97. The minimum Gasteiger partial charge on any atom is -0.481 e. The Bertz CT molecular complexity index is 598. The Morgan fingerprint density at radius 3 is 2.56 bits per heavy atom. The fourth-order valence-electron chi connectivity index (χ4n) is 1.61. The topological polar surface area (TPSA) is 74.7 Å². The normalized spacial score (nSPS) is 17.4. The summed E-state index contributed by atoms with van der Waals surface area (Å²) in [6.45, 7) is -0.184. The highest BCUT2D eigenvalue weighted by Gasteiger charge is 2.41. The summed E-state index contributed by atoms with van der Waals surface area (Å²) in [7, 11) is -3.84. The lowest BCUT2D eigenvalue weighted by Crippen LogP contribution is -2.52. The Kier molecular flexibility index (Phi) is 3.31. The van der Waals surface area contributed by atoms with Crippen molar-refractivity contribution < 1.29 is 22.7 Å². The molecule has 1 heterocycles. The van der Waals surface area contributed by atoms with Gasteiger partial charge in [-0.05, 0) is 18.2 Å². The van der Waals surface area contributed by atoms with E-state index < -0.39 is 27.7 Å². The molecule has 18 heavy (non-hydrogen) atoms. The van der Waals surface area contributed by atoms with Crippen LogP contribution in [0, 0.1) is 11.7 Å². The maximum absolute atomic E-state index is 12.8. The molecular weight excluding hydrogens is 285 g/mol. The molecule has 0 spiro atoms. The van der Waals surface area contributed by atoms with Crippen molar-refractivity contribution in [1.29, 1.82) is 0 Å². The third-order valence-corrected chi connectivity index (χ3v) is 5.02. The number of nitrogens with zero attached hydrogens (tertiary/aromatic N) is 1. The average Bonchev–Trinajstić information content (AvgIpc) is 2.12. The van der Waals surface area contributed by atoms with E-state index in [-0.39, 0.29) is 23.0 Å². The fourth-order valence-corrected chi connectivity index (χ4v) is 3.65. The number of hydrogen-bond acceptors (Lipinski definition) is 3. The summed E-state index contributed by atoms with van der Waals surface area (Å²) in [4.78, 5) is 10.4. The molecule has 98 valence electrons. The molecule has 2 rings (SSSR count). The number of carboxylic acids is 1. The molecule has 1 fully saturated rings. The number of carbonyl (C=O) groups is 1. The molecule has 0 aromatic heterocycles. The van der Waals surface area contributed by atoms with Crippen LogP contribution in [0.25, 0.3) is 0 Å². The maximum Gasteiger partial charge on any atom is 0.309 e. The van der Waals surface area contributed by atoms with Crippen LogP contribution < -0.4 is 0 Å². The lowest BCUT2D eigenvalue weighted by atomic mass is 10.0. The van der Waals surface area contributed by atoms with Gasteiger partial charge in [-0.1, -0.05) is 11.6 Å². The van der Waals surface area contributed by atoms with Crippen LogP contribution in [0.1, 0.15) is 0 Å². The molecule has 1 aliphatic rings. The molecule has 1 aliphatic heterocycles. The molecule has 0 saturated carbocycles. The average molecular weight is 294 g/mol. The highest BCUT2D eigenvalue weighted by Crippen LogP contribution is 2.29. The van der Waals surface area contributed by atoms with Gasteiger partial charge in [0, 0.05) is 13.1 Å². The van der Waals surface area contributed by atoms with Crippen molar-refractivity contribution in [2.75, 3.05) is 13.1 Å². The van der Waals surface area contributed by atoms with Gasteiger partial charge >= 0.3 is 5.97 Å². The maximum atomic E-state index is 12.8. The first-order valence-electron chi connectivity index (χ1n) is 5.00. The van der Waals surface area contributed by atoms with E-state index in [1.807, 2.05) is 0 Å². The Labute approximate surface area is 108 Å². The second-order valence-electron chi connectivity index (χ2n) is 3.93. The smallest absolute Gasteiger partial charge is 0.309 e. The van der Waals surface area contributed by atoms with Crippen LogP contribution in [0.2, 0.25) is 5.02 Å². The van der Waals surface area contributed by atoms with Gasteiger partial charge in [-0.25, -0.2) is 12.8 Å². The van der Waals surface area contributed by atoms with Crippen LogP contribution in [0.15, 0.2) is 23.1 Å². The van der Waals surface area contributed by atoms with Crippen LogP contribution in [-0.4, -0.2) is 36.9 Å². The molecule has 1 N–H and O–H groups in total. The monoisotopic (exact) mass is 293 g/mol. The summed E-state index contributed by atoms with van der Waals surface area (Å²) >= 11 is 5.68. The molecule has 0 atom stereocenters. The van der Waals surface area contributed by atoms with E-state index in [1.54, 1.807) is 0 Å². The second kappa shape index (κ2) is 4.49. The summed E-state index contributed by atoms with van der Waals surface area (Å²) in [6.07, 6.45) is 0. The lowest BCUT2D eigenvalue weighted by Gasteiger charge is -2.35. The molecule has 0 unspecified atom stereocenters. The summed E-state index contributed by atoms with van der Waals surface area (Å²) in [5.41, 5.74) is 0. The minimum absolute atomic E-state index is 0.0919. The fraction of sp³-hybridized carbons (Fsp3) is 0.300. The number of rotatable bonds is 3. The van der Waals surface area contributed by atoms with E-state index in [2.05, 4.69) is 0 Å². The highest BCUT2D eigenvalue weighted by molar-refractivity contribution is 7.89. The number of hydrogen-bond donors (Lipinski definition) is 1. The minimum atomic E-state index is -3.84. The molecule has 1 aromatic rings. The van der Waals surface area contributed by atoms with Crippen molar-refractivity contribution >= 4 is 27.6 Å².